The van der Waals surface area contributed by atoms with Crippen LogP contribution in [0.5, 0.6) is 5.75 Å². The van der Waals surface area contributed by atoms with Gasteiger partial charge < -0.3 is 10.2 Å². The van der Waals surface area contributed by atoms with Crippen molar-refractivity contribution in [1.82, 2.24) is 5.43 Å². The largest absolute Gasteiger partial charge is 0.497 e. The Morgan fingerprint density at radius 2 is 1.75 bits per heavy atom. The van der Waals surface area contributed by atoms with Crippen LogP contribution in [-0.2, 0) is 6.54 Å². The number of hydrogen-bond acceptors (Lipinski definition) is 3. The van der Waals surface area contributed by atoms with Crippen molar-refractivity contribution in [3.63, 3.8) is 0 Å². The van der Waals surface area contributed by atoms with Gasteiger partial charge in [0.05, 0.1) is 19.9 Å². The number of hydrogen-bond donors (Lipinski definition) is 1. The standard InChI is InChI=1S/C15H14Cl2N2O/c1-20-12-7-5-11(6-8-12)9-18-19-10-13-14(16)3-2-4-15(13)17/h2-9,19H,10H2,1H3/b18-9-. The molecule has 0 aliphatic heterocycles. The van der Waals surface area contributed by atoms with Crippen LogP contribution >= 0.6 is 23.2 Å². The molecule has 0 bridgehead atoms. The molecule has 3 nitrogen and oxygen atoms in total. The lowest BCUT2D eigenvalue weighted by molar-refractivity contribution is 0.415. The summed E-state index contributed by atoms with van der Waals surface area (Å²) < 4.78 is 5.09. The summed E-state index contributed by atoms with van der Waals surface area (Å²) in [6.45, 7) is 0.477. The Hall–Kier alpha value is -1.71. The molecule has 0 heterocycles. The average Bonchev–Trinajstić information content (AvgIpc) is 2.46. The maximum atomic E-state index is 6.07. The van der Waals surface area contributed by atoms with Crippen molar-refractivity contribution >= 4 is 29.4 Å². The van der Waals surface area contributed by atoms with Gasteiger partial charge in [0, 0.05) is 15.6 Å². The van der Waals surface area contributed by atoms with E-state index in [-0.39, 0.29) is 0 Å². The van der Waals surface area contributed by atoms with Crippen LogP contribution in [0.15, 0.2) is 47.6 Å². The van der Waals surface area contributed by atoms with Crippen LogP contribution in [-0.4, -0.2) is 13.3 Å². The number of rotatable bonds is 5. The van der Waals surface area contributed by atoms with E-state index >= 15 is 0 Å². The molecule has 0 aliphatic rings. The lowest BCUT2D eigenvalue weighted by atomic mass is 10.2. The number of nitrogens with one attached hydrogen (secondary N) is 1. The molecule has 0 aromatic heterocycles. The van der Waals surface area contributed by atoms with Crippen LogP contribution < -0.4 is 10.2 Å². The van der Waals surface area contributed by atoms with Crippen molar-refractivity contribution in [3.05, 3.63) is 63.6 Å². The van der Waals surface area contributed by atoms with Gasteiger partial charge in [0.25, 0.3) is 0 Å². The molecule has 0 saturated heterocycles. The third-order valence-corrected chi connectivity index (χ3v) is 3.45. The summed E-state index contributed by atoms with van der Waals surface area (Å²) in [5, 5.41) is 5.40. The molecule has 0 spiro atoms. The van der Waals surface area contributed by atoms with E-state index in [0.29, 0.717) is 16.6 Å². The van der Waals surface area contributed by atoms with E-state index < -0.39 is 0 Å². The summed E-state index contributed by atoms with van der Waals surface area (Å²) in [5.41, 5.74) is 4.74. The van der Waals surface area contributed by atoms with Crippen LogP contribution in [0.3, 0.4) is 0 Å². The molecule has 104 valence electrons. The second-order valence-electron chi connectivity index (χ2n) is 4.07. The first-order valence-electron chi connectivity index (χ1n) is 6.03. The molecule has 20 heavy (non-hydrogen) atoms. The smallest absolute Gasteiger partial charge is 0.118 e. The third kappa shape index (κ3) is 3.89. The van der Waals surface area contributed by atoms with Crippen LogP contribution in [0.25, 0.3) is 0 Å². The second kappa shape index (κ2) is 7.17. The summed E-state index contributed by atoms with van der Waals surface area (Å²) >= 11 is 12.1. The zero-order chi connectivity index (χ0) is 14.4. The fourth-order valence-corrected chi connectivity index (χ4v) is 2.17. The van der Waals surface area contributed by atoms with Crippen LogP contribution in [0, 0.1) is 0 Å². The minimum atomic E-state index is 0.477. The van der Waals surface area contributed by atoms with E-state index in [9.17, 15) is 0 Å². The van der Waals surface area contributed by atoms with E-state index in [1.54, 1.807) is 25.5 Å². The molecule has 2 aromatic carbocycles. The highest BCUT2D eigenvalue weighted by Crippen LogP contribution is 2.23. The molecule has 0 unspecified atom stereocenters. The Morgan fingerprint density at radius 1 is 1.10 bits per heavy atom. The summed E-state index contributed by atoms with van der Waals surface area (Å²) in [6, 6.07) is 13.0. The molecule has 5 heteroatoms. The van der Waals surface area contributed by atoms with E-state index in [0.717, 1.165) is 16.9 Å². The lowest BCUT2D eigenvalue weighted by Gasteiger charge is -2.06. The van der Waals surface area contributed by atoms with Gasteiger partial charge in [-0.3, -0.25) is 0 Å². The van der Waals surface area contributed by atoms with E-state index in [1.165, 1.54) is 0 Å². The van der Waals surface area contributed by atoms with Crippen LogP contribution in [0.1, 0.15) is 11.1 Å². The van der Waals surface area contributed by atoms with Crippen LogP contribution in [0.2, 0.25) is 10.0 Å². The minimum Gasteiger partial charge on any atom is -0.497 e. The van der Waals surface area contributed by atoms with Gasteiger partial charge in [-0.1, -0.05) is 29.3 Å². The topological polar surface area (TPSA) is 33.6 Å². The number of ether oxygens (including phenoxy) is 1. The summed E-state index contributed by atoms with van der Waals surface area (Å²) in [4.78, 5) is 0. The minimum absolute atomic E-state index is 0.477. The van der Waals surface area contributed by atoms with Crippen molar-refractivity contribution < 1.29 is 4.74 Å². The lowest BCUT2D eigenvalue weighted by Crippen LogP contribution is -2.06. The van der Waals surface area contributed by atoms with Gasteiger partial charge in [-0.25, -0.2) is 0 Å². The highest BCUT2D eigenvalue weighted by Gasteiger charge is 2.03. The molecular formula is C15H14Cl2N2O. The van der Waals surface area contributed by atoms with Gasteiger partial charge in [-0.05, 0) is 42.0 Å². The quantitative estimate of drug-likeness (QED) is 0.665. The van der Waals surface area contributed by atoms with Gasteiger partial charge in [0.1, 0.15) is 5.75 Å². The number of benzene rings is 2. The molecular weight excluding hydrogens is 295 g/mol. The van der Waals surface area contributed by atoms with Gasteiger partial charge in [0.15, 0.2) is 0 Å². The van der Waals surface area contributed by atoms with Gasteiger partial charge >= 0.3 is 0 Å². The number of methoxy groups -OCH3 is 1. The van der Waals surface area contributed by atoms with Gasteiger partial charge in [-0.15, -0.1) is 0 Å². The van der Waals surface area contributed by atoms with E-state index in [4.69, 9.17) is 27.9 Å². The second-order valence-corrected chi connectivity index (χ2v) is 4.88. The molecule has 0 aliphatic carbocycles. The Labute approximate surface area is 128 Å². The van der Waals surface area contributed by atoms with Crippen LogP contribution in [0.4, 0.5) is 0 Å². The summed E-state index contributed by atoms with van der Waals surface area (Å²) in [5.74, 6) is 0.818. The van der Waals surface area contributed by atoms with Crippen molar-refractivity contribution in [3.8, 4) is 5.75 Å². The van der Waals surface area contributed by atoms with Crippen molar-refractivity contribution in [2.24, 2.45) is 5.10 Å². The Bertz CT molecular complexity index is 577. The molecule has 0 saturated carbocycles. The van der Waals surface area contributed by atoms with E-state index in [2.05, 4.69) is 10.5 Å². The first kappa shape index (κ1) is 14.7. The molecule has 2 aromatic rings. The first-order valence-corrected chi connectivity index (χ1v) is 6.79. The van der Waals surface area contributed by atoms with Crippen molar-refractivity contribution in [1.29, 1.82) is 0 Å². The zero-order valence-corrected chi connectivity index (χ0v) is 12.4. The zero-order valence-electron chi connectivity index (χ0n) is 10.9. The Morgan fingerprint density at radius 3 is 2.35 bits per heavy atom. The molecule has 1 N–H and O–H groups in total. The molecule has 0 fully saturated rings. The monoisotopic (exact) mass is 308 g/mol. The Balaban J connectivity index is 1.93. The molecule has 0 radical (unpaired) electrons. The Kier molecular flexibility index (Phi) is 5.27. The maximum Gasteiger partial charge on any atom is 0.118 e. The third-order valence-electron chi connectivity index (χ3n) is 2.74. The number of hydrazone groups is 1. The highest BCUT2D eigenvalue weighted by molar-refractivity contribution is 6.35. The van der Waals surface area contributed by atoms with Gasteiger partial charge in [0.2, 0.25) is 0 Å². The van der Waals surface area contributed by atoms with Crippen molar-refractivity contribution in [2.45, 2.75) is 6.54 Å². The summed E-state index contributed by atoms with van der Waals surface area (Å²) in [7, 11) is 1.64. The molecule has 2 rings (SSSR count). The van der Waals surface area contributed by atoms with E-state index in [1.807, 2.05) is 30.3 Å². The maximum absolute atomic E-state index is 6.07. The fourth-order valence-electron chi connectivity index (χ4n) is 1.64. The highest BCUT2D eigenvalue weighted by atomic mass is 35.5. The molecule has 0 atom stereocenters. The first-order chi connectivity index (χ1) is 9.70. The normalized spacial score (nSPS) is 10.8. The number of nitrogens with zero attached hydrogens (tertiary/aromatic N) is 1. The SMILES string of the molecule is COc1ccc(/C=N\NCc2c(Cl)cccc2Cl)cc1. The predicted octanol–water partition coefficient (Wildman–Crippen LogP) is 4.13. The average molecular weight is 309 g/mol. The predicted molar refractivity (Wildman–Crippen MR) is 83.9 cm³/mol. The summed E-state index contributed by atoms with van der Waals surface area (Å²) in [6.07, 6.45) is 1.73. The fraction of sp³-hybridized carbons (Fsp3) is 0.133. The van der Waals surface area contributed by atoms with Gasteiger partial charge in [-0.2, -0.15) is 5.10 Å². The molecule has 0 amide bonds. The number of halogens is 2. The van der Waals surface area contributed by atoms with Crippen molar-refractivity contribution in [2.75, 3.05) is 7.11 Å².